The van der Waals surface area contributed by atoms with E-state index in [1.54, 1.807) is 17.0 Å². The molecule has 0 radical (unpaired) electrons. The van der Waals surface area contributed by atoms with E-state index in [0.29, 0.717) is 36.6 Å². The van der Waals surface area contributed by atoms with Crippen LogP contribution in [0.3, 0.4) is 0 Å². The molecule has 0 spiro atoms. The van der Waals surface area contributed by atoms with Crippen LogP contribution in [0.15, 0.2) is 39.4 Å². The fourth-order valence-electron chi connectivity index (χ4n) is 3.31. The number of furan rings is 1. The smallest absolute Gasteiger partial charge is 0.289 e. The first-order valence-electron chi connectivity index (χ1n) is 9.07. The number of aryl methyl sites for hydroxylation is 2. The van der Waals surface area contributed by atoms with Crippen LogP contribution < -0.4 is 5.32 Å². The number of carbonyl (C=O) groups excluding carboxylic acids is 2. The SMILES string of the molecule is Cc1cccc(C)c1NC(=O)CN1CCCN(C(=O)c2ccc(Br)o2)CC1. The first-order valence-corrected chi connectivity index (χ1v) is 9.86. The summed E-state index contributed by atoms with van der Waals surface area (Å²) in [5.41, 5.74) is 3.00. The number of carbonyl (C=O) groups is 2. The summed E-state index contributed by atoms with van der Waals surface area (Å²) in [4.78, 5) is 28.9. The number of hydrogen-bond acceptors (Lipinski definition) is 4. The van der Waals surface area contributed by atoms with Gasteiger partial charge >= 0.3 is 0 Å². The Morgan fingerprint density at radius 2 is 1.81 bits per heavy atom. The summed E-state index contributed by atoms with van der Waals surface area (Å²) < 4.78 is 5.91. The third-order valence-electron chi connectivity index (χ3n) is 4.77. The Balaban J connectivity index is 1.55. The van der Waals surface area contributed by atoms with E-state index in [1.165, 1.54) is 0 Å². The maximum Gasteiger partial charge on any atom is 0.289 e. The standard InChI is InChI=1S/C20H24BrN3O3/c1-14-5-3-6-15(2)19(14)22-18(25)13-23-9-4-10-24(12-11-23)20(26)16-7-8-17(21)27-16/h3,5-8H,4,9-13H2,1-2H3,(H,22,25). The molecule has 1 fully saturated rings. The van der Waals surface area contributed by atoms with Crippen molar-refractivity contribution in [3.63, 3.8) is 0 Å². The lowest BCUT2D eigenvalue weighted by Crippen LogP contribution is -2.38. The van der Waals surface area contributed by atoms with E-state index >= 15 is 0 Å². The van der Waals surface area contributed by atoms with Gasteiger partial charge in [0.2, 0.25) is 5.91 Å². The van der Waals surface area contributed by atoms with Crippen LogP contribution in [0, 0.1) is 13.8 Å². The van der Waals surface area contributed by atoms with Gasteiger partial charge in [0.05, 0.1) is 6.54 Å². The summed E-state index contributed by atoms with van der Waals surface area (Å²) in [6, 6.07) is 9.36. The molecule has 3 rings (SSSR count). The summed E-state index contributed by atoms with van der Waals surface area (Å²) in [6.45, 7) is 6.98. The lowest BCUT2D eigenvalue weighted by atomic mass is 10.1. The Morgan fingerprint density at radius 1 is 1.07 bits per heavy atom. The molecule has 27 heavy (non-hydrogen) atoms. The van der Waals surface area contributed by atoms with Crippen molar-refractivity contribution < 1.29 is 14.0 Å². The minimum absolute atomic E-state index is 0.0258. The molecule has 0 aliphatic carbocycles. The van der Waals surface area contributed by atoms with Crippen LogP contribution in [0.4, 0.5) is 5.69 Å². The molecule has 1 aliphatic heterocycles. The number of amides is 2. The molecule has 2 heterocycles. The second kappa shape index (κ2) is 8.71. The number of para-hydroxylation sites is 1. The maximum absolute atomic E-state index is 12.5. The number of benzene rings is 1. The highest BCUT2D eigenvalue weighted by Gasteiger charge is 2.23. The third kappa shape index (κ3) is 4.99. The fourth-order valence-corrected chi connectivity index (χ4v) is 3.62. The van der Waals surface area contributed by atoms with E-state index < -0.39 is 0 Å². The van der Waals surface area contributed by atoms with Gasteiger partial charge in [-0.05, 0) is 59.5 Å². The molecule has 0 saturated carbocycles. The highest BCUT2D eigenvalue weighted by atomic mass is 79.9. The lowest BCUT2D eigenvalue weighted by Gasteiger charge is -2.21. The van der Waals surface area contributed by atoms with Gasteiger partial charge in [0.15, 0.2) is 10.4 Å². The second-order valence-corrected chi connectivity index (χ2v) is 7.62. The summed E-state index contributed by atoms with van der Waals surface area (Å²) in [5.74, 6) is 0.202. The molecule has 1 N–H and O–H groups in total. The molecule has 144 valence electrons. The normalized spacial score (nSPS) is 15.4. The van der Waals surface area contributed by atoms with E-state index in [-0.39, 0.29) is 11.8 Å². The molecule has 0 bridgehead atoms. The molecular weight excluding hydrogens is 410 g/mol. The van der Waals surface area contributed by atoms with Gasteiger partial charge in [-0.15, -0.1) is 0 Å². The molecule has 0 unspecified atom stereocenters. The van der Waals surface area contributed by atoms with Gasteiger partial charge in [-0.2, -0.15) is 0 Å². The number of rotatable bonds is 4. The van der Waals surface area contributed by atoms with Crippen molar-refractivity contribution in [2.24, 2.45) is 0 Å². The Morgan fingerprint density at radius 3 is 2.48 bits per heavy atom. The zero-order valence-corrected chi connectivity index (χ0v) is 17.2. The maximum atomic E-state index is 12.5. The van der Waals surface area contributed by atoms with Crippen molar-refractivity contribution in [1.29, 1.82) is 0 Å². The van der Waals surface area contributed by atoms with E-state index in [0.717, 1.165) is 29.8 Å². The molecule has 2 amide bonds. The number of anilines is 1. The Hall–Kier alpha value is -2.12. The van der Waals surface area contributed by atoms with E-state index in [9.17, 15) is 9.59 Å². The summed E-state index contributed by atoms with van der Waals surface area (Å²) >= 11 is 3.22. The van der Waals surface area contributed by atoms with Crippen LogP contribution in [-0.4, -0.2) is 54.3 Å². The molecular formula is C20H24BrN3O3. The monoisotopic (exact) mass is 433 g/mol. The summed E-state index contributed by atoms with van der Waals surface area (Å²) in [5, 5.41) is 3.03. The van der Waals surface area contributed by atoms with Crippen LogP contribution in [0.5, 0.6) is 0 Å². The van der Waals surface area contributed by atoms with Gasteiger partial charge in [-0.1, -0.05) is 18.2 Å². The molecule has 7 heteroatoms. The van der Waals surface area contributed by atoms with Crippen molar-refractivity contribution in [3.8, 4) is 0 Å². The molecule has 6 nitrogen and oxygen atoms in total. The number of hydrogen-bond donors (Lipinski definition) is 1. The van der Waals surface area contributed by atoms with Gasteiger partial charge in [0.25, 0.3) is 5.91 Å². The van der Waals surface area contributed by atoms with Gasteiger partial charge in [-0.25, -0.2) is 0 Å². The van der Waals surface area contributed by atoms with E-state index in [2.05, 4.69) is 26.1 Å². The van der Waals surface area contributed by atoms with Crippen LogP contribution >= 0.6 is 15.9 Å². The van der Waals surface area contributed by atoms with E-state index in [4.69, 9.17) is 4.42 Å². The Bertz CT molecular complexity index is 813. The molecule has 1 aromatic carbocycles. The van der Waals surface area contributed by atoms with Crippen molar-refractivity contribution in [3.05, 3.63) is 51.9 Å². The van der Waals surface area contributed by atoms with Crippen molar-refractivity contribution in [1.82, 2.24) is 9.80 Å². The fraction of sp³-hybridized carbons (Fsp3) is 0.400. The number of nitrogens with zero attached hydrogens (tertiary/aromatic N) is 2. The zero-order valence-electron chi connectivity index (χ0n) is 15.6. The minimum atomic E-state index is -0.109. The lowest BCUT2D eigenvalue weighted by molar-refractivity contribution is -0.117. The van der Waals surface area contributed by atoms with Crippen LogP contribution in [-0.2, 0) is 4.79 Å². The van der Waals surface area contributed by atoms with Crippen LogP contribution in [0.25, 0.3) is 0 Å². The third-order valence-corrected chi connectivity index (χ3v) is 5.20. The van der Waals surface area contributed by atoms with Gasteiger partial charge < -0.3 is 14.6 Å². The van der Waals surface area contributed by atoms with Crippen LogP contribution in [0.1, 0.15) is 28.1 Å². The Labute approximate surface area is 167 Å². The van der Waals surface area contributed by atoms with Crippen molar-refractivity contribution >= 4 is 33.4 Å². The largest absolute Gasteiger partial charge is 0.444 e. The van der Waals surface area contributed by atoms with E-state index in [1.807, 2.05) is 32.0 Å². The summed E-state index contributed by atoms with van der Waals surface area (Å²) in [6.07, 6.45) is 0.824. The number of nitrogens with one attached hydrogen (secondary N) is 1. The van der Waals surface area contributed by atoms with Gasteiger partial charge in [0, 0.05) is 31.9 Å². The van der Waals surface area contributed by atoms with Crippen molar-refractivity contribution in [2.75, 3.05) is 38.0 Å². The second-order valence-electron chi connectivity index (χ2n) is 6.84. The highest BCUT2D eigenvalue weighted by molar-refractivity contribution is 9.10. The average Bonchev–Trinajstić information content (AvgIpc) is 2.93. The molecule has 1 saturated heterocycles. The predicted molar refractivity (Wildman–Crippen MR) is 108 cm³/mol. The van der Waals surface area contributed by atoms with Gasteiger partial charge in [0.1, 0.15) is 0 Å². The molecule has 0 atom stereocenters. The average molecular weight is 434 g/mol. The molecule has 1 aromatic heterocycles. The zero-order chi connectivity index (χ0) is 19.4. The topological polar surface area (TPSA) is 65.8 Å². The van der Waals surface area contributed by atoms with Crippen molar-refractivity contribution in [2.45, 2.75) is 20.3 Å². The van der Waals surface area contributed by atoms with Gasteiger partial charge in [-0.3, -0.25) is 14.5 Å². The first-order chi connectivity index (χ1) is 12.9. The Kier molecular flexibility index (Phi) is 6.34. The highest BCUT2D eigenvalue weighted by Crippen LogP contribution is 2.20. The summed E-state index contributed by atoms with van der Waals surface area (Å²) in [7, 11) is 0. The predicted octanol–water partition coefficient (Wildman–Crippen LogP) is 3.45. The van der Waals surface area contributed by atoms with Crippen LogP contribution in [0.2, 0.25) is 0 Å². The quantitative estimate of drug-likeness (QED) is 0.801. The minimum Gasteiger partial charge on any atom is -0.444 e. The first kappa shape index (κ1) is 19.6. The molecule has 2 aromatic rings. The number of halogens is 1. The molecule has 1 aliphatic rings.